The number of nitrogens with zero attached hydrogens (tertiary/aromatic N) is 5. The van der Waals surface area contributed by atoms with Crippen LogP contribution in [0.5, 0.6) is 0 Å². The van der Waals surface area contributed by atoms with Crippen LogP contribution < -0.4 is 4.90 Å². The normalized spacial score (nSPS) is 13.5. The molecule has 2 amide bonds. The van der Waals surface area contributed by atoms with Gasteiger partial charge in [-0.05, 0) is 29.5 Å². The molecule has 4 rings (SSSR count). The lowest BCUT2D eigenvalue weighted by Crippen LogP contribution is -2.29. The van der Waals surface area contributed by atoms with Gasteiger partial charge in [0.1, 0.15) is 0 Å². The number of hydrogen-bond acceptors (Lipinski definition) is 5. The fourth-order valence-corrected chi connectivity index (χ4v) is 2.61. The van der Waals surface area contributed by atoms with Crippen LogP contribution in [0.1, 0.15) is 20.7 Å². The summed E-state index contributed by atoms with van der Waals surface area (Å²) >= 11 is 0. The second kappa shape index (κ2) is 4.84. The molecule has 0 unspecified atom stereocenters. The zero-order valence-electron chi connectivity index (χ0n) is 12.2. The van der Waals surface area contributed by atoms with Crippen molar-refractivity contribution >= 4 is 17.5 Å². The Hall–Kier alpha value is -3.35. The molecule has 3 aromatic rings. The summed E-state index contributed by atoms with van der Waals surface area (Å²) in [5, 5.41) is 11.9. The molecule has 1 aliphatic rings. The SMILES string of the molecule is Cn1nnc(-c2cccc(N3C(=O)c4ccccc4C3=O)c2)n1. The summed E-state index contributed by atoms with van der Waals surface area (Å²) in [6.07, 6.45) is 0. The van der Waals surface area contributed by atoms with Gasteiger partial charge in [-0.2, -0.15) is 4.80 Å². The molecule has 7 heteroatoms. The molecule has 0 bridgehead atoms. The first-order valence-corrected chi connectivity index (χ1v) is 6.97. The van der Waals surface area contributed by atoms with E-state index < -0.39 is 0 Å². The summed E-state index contributed by atoms with van der Waals surface area (Å²) in [6, 6.07) is 13.8. The number of imide groups is 1. The predicted molar refractivity (Wildman–Crippen MR) is 81.8 cm³/mol. The summed E-state index contributed by atoms with van der Waals surface area (Å²) < 4.78 is 0. The number of anilines is 1. The van der Waals surface area contributed by atoms with Gasteiger partial charge >= 0.3 is 0 Å². The predicted octanol–water partition coefficient (Wildman–Crippen LogP) is 1.68. The maximum atomic E-state index is 12.5. The number of hydrogen-bond donors (Lipinski definition) is 0. The van der Waals surface area contributed by atoms with Gasteiger partial charge in [0.25, 0.3) is 11.8 Å². The molecule has 0 atom stereocenters. The van der Waals surface area contributed by atoms with Gasteiger partial charge in [-0.3, -0.25) is 9.59 Å². The van der Waals surface area contributed by atoms with Crippen molar-refractivity contribution in [1.29, 1.82) is 0 Å². The molecule has 0 saturated carbocycles. The molecule has 0 radical (unpaired) electrons. The highest BCUT2D eigenvalue weighted by Crippen LogP contribution is 2.30. The lowest BCUT2D eigenvalue weighted by Gasteiger charge is -2.14. The third kappa shape index (κ3) is 2.02. The van der Waals surface area contributed by atoms with Crippen LogP contribution in [0.25, 0.3) is 11.4 Å². The van der Waals surface area contributed by atoms with Gasteiger partial charge in [-0.25, -0.2) is 4.90 Å². The van der Waals surface area contributed by atoms with E-state index in [1.807, 2.05) is 0 Å². The molecule has 0 saturated heterocycles. The van der Waals surface area contributed by atoms with Crippen LogP contribution in [0.15, 0.2) is 48.5 Å². The van der Waals surface area contributed by atoms with E-state index in [4.69, 9.17) is 0 Å². The maximum Gasteiger partial charge on any atom is 0.266 e. The average molecular weight is 305 g/mol. The number of benzene rings is 2. The summed E-state index contributed by atoms with van der Waals surface area (Å²) in [5.41, 5.74) is 2.01. The van der Waals surface area contributed by atoms with Crippen molar-refractivity contribution in [3.8, 4) is 11.4 Å². The molecular formula is C16H11N5O2. The van der Waals surface area contributed by atoms with Crippen LogP contribution in [-0.2, 0) is 7.05 Å². The third-order valence-corrected chi connectivity index (χ3v) is 3.66. The Labute approximate surface area is 131 Å². The molecule has 23 heavy (non-hydrogen) atoms. The second-order valence-corrected chi connectivity index (χ2v) is 5.14. The van der Waals surface area contributed by atoms with Crippen LogP contribution in [0.2, 0.25) is 0 Å². The first-order valence-electron chi connectivity index (χ1n) is 6.97. The molecular weight excluding hydrogens is 294 g/mol. The van der Waals surface area contributed by atoms with E-state index >= 15 is 0 Å². The largest absolute Gasteiger partial charge is 0.268 e. The Balaban J connectivity index is 1.78. The number of carbonyl (C=O) groups is 2. The molecule has 1 aliphatic heterocycles. The summed E-state index contributed by atoms with van der Waals surface area (Å²) in [5.74, 6) is -0.212. The van der Waals surface area contributed by atoms with E-state index in [-0.39, 0.29) is 11.8 Å². The third-order valence-electron chi connectivity index (χ3n) is 3.66. The first kappa shape index (κ1) is 13.3. The van der Waals surface area contributed by atoms with Crippen molar-refractivity contribution in [3.05, 3.63) is 59.7 Å². The Kier molecular flexibility index (Phi) is 2.80. The minimum atomic E-state index is -0.324. The van der Waals surface area contributed by atoms with E-state index in [0.29, 0.717) is 28.2 Å². The van der Waals surface area contributed by atoms with Crippen molar-refractivity contribution in [2.45, 2.75) is 0 Å². The number of aromatic nitrogens is 4. The van der Waals surface area contributed by atoms with Gasteiger partial charge in [0, 0.05) is 5.56 Å². The lowest BCUT2D eigenvalue weighted by atomic mass is 10.1. The summed E-state index contributed by atoms with van der Waals surface area (Å²) in [6.45, 7) is 0. The molecule has 112 valence electrons. The smallest absolute Gasteiger partial charge is 0.266 e. The number of fused-ring (bicyclic) bond motifs is 1. The number of carbonyl (C=O) groups excluding carboxylic acids is 2. The zero-order chi connectivity index (χ0) is 16.0. The number of tetrazole rings is 1. The monoisotopic (exact) mass is 305 g/mol. The molecule has 7 nitrogen and oxygen atoms in total. The molecule has 0 spiro atoms. The summed E-state index contributed by atoms with van der Waals surface area (Å²) in [7, 11) is 1.67. The van der Waals surface area contributed by atoms with Crippen molar-refractivity contribution in [1.82, 2.24) is 20.2 Å². The fourth-order valence-electron chi connectivity index (χ4n) is 2.61. The van der Waals surface area contributed by atoms with Crippen LogP contribution in [0.3, 0.4) is 0 Å². The number of amides is 2. The van der Waals surface area contributed by atoms with Crippen molar-refractivity contribution < 1.29 is 9.59 Å². The van der Waals surface area contributed by atoms with Gasteiger partial charge in [0.2, 0.25) is 5.82 Å². The molecule has 0 fully saturated rings. The standard InChI is InChI=1S/C16H11N5O2/c1-20-18-14(17-19-20)10-5-4-6-11(9-10)21-15(22)12-7-2-3-8-13(12)16(21)23/h2-9H,1H3. The van der Waals surface area contributed by atoms with E-state index in [1.165, 1.54) is 9.70 Å². The van der Waals surface area contributed by atoms with Gasteiger partial charge in [0.05, 0.1) is 23.9 Å². The number of aryl methyl sites for hydroxylation is 1. The molecule has 2 heterocycles. The summed E-state index contributed by atoms with van der Waals surface area (Å²) in [4.78, 5) is 27.6. The topological polar surface area (TPSA) is 81.0 Å². The van der Waals surface area contributed by atoms with Gasteiger partial charge in [-0.15, -0.1) is 10.2 Å². The van der Waals surface area contributed by atoms with Crippen molar-refractivity contribution in [2.24, 2.45) is 7.05 Å². The maximum absolute atomic E-state index is 12.5. The minimum Gasteiger partial charge on any atom is -0.268 e. The van der Waals surface area contributed by atoms with Gasteiger partial charge in [0.15, 0.2) is 0 Å². The highest BCUT2D eigenvalue weighted by atomic mass is 16.2. The van der Waals surface area contributed by atoms with E-state index in [2.05, 4.69) is 15.4 Å². The van der Waals surface area contributed by atoms with Crippen molar-refractivity contribution in [2.75, 3.05) is 4.90 Å². The average Bonchev–Trinajstić information content (AvgIpc) is 3.11. The Bertz CT molecular complexity index is 912. The van der Waals surface area contributed by atoms with Crippen LogP contribution >= 0.6 is 0 Å². The number of rotatable bonds is 2. The minimum absolute atomic E-state index is 0.324. The lowest BCUT2D eigenvalue weighted by molar-refractivity contribution is 0.0926. The molecule has 1 aromatic heterocycles. The van der Waals surface area contributed by atoms with Crippen LogP contribution in [0, 0.1) is 0 Å². The zero-order valence-corrected chi connectivity index (χ0v) is 12.2. The van der Waals surface area contributed by atoms with Gasteiger partial charge in [-0.1, -0.05) is 24.3 Å². The Morgan fingerprint density at radius 1 is 0.913 bits per heavy atom. The first-order chi connectivity index (χ1) is 11.1. The quantitative estimate of drug-likeness (QED) is 0.673. The second-order valence-electron chi connectivity index (χ2n) is 5.14. The molecule has 0 aliphatic carbocycles. The Morgan fingerprint density at radius 3 is 2.22 bits per heavy atom. The van der Waals surface area contributed by atoms with E-state index in [9.17, 15) is 9.59 Å². The Morgan fingerprint density at radius 2 is 1.61 bits per heavy atom. The van der Waals surface area contributed by atoms with Gasteiger partial charge < -0.3 is 0 Å². The van der Waals surface area contributed by atoms with Crippen LogP contribution in [0.4, 0.5) is 5.69 Å². The van der Waals surface area contributed by atoms with E-state index in [1.54, 1.807) is 55.6 Å². The highest BCUT2D eigenvalue weighted by Gasteiger charge is 2.36. The van der Waals surface area contributed by atoms with Crippen LogP contribution in [-0.4, -0.2) is 32.0 Å². The highest BCUT2D eigenvalue weighted by molar-refractivity contribution is 6.34. The fraction of sp³-hybridized carbons (Fsp3) is 0.0625. The van der Waals surface area contributed by atoms with E-state index in [0.717, 1.165) is 0 Å². The molecule has 0 N–H and O–H groups in total. The van der Waals surface area contributed by atoms with Crippen molar-refractivity contribution in [3.63, 3.8) is 0 Å². The molecule has 2 aromatic carbocycles.